The molecule has 4 aliphatic rings. The van der Waals surface area contributed by atoms with Gasteiger partial charge < -0.3 is 4.74 Å². The van der Waals surface area contributed by atoms with Crippen LogP contribution in [0.5, 0.6) is 0 Å². The van der Waals surface area contributed by atoms with E-state index < -0.39 is 52.1 Å². The third-order valence-corrected chi connectivity index (χ3v) is 7.57. The van der Waals surface area contributed by atoms with Gasteiger partial charge >= 0.3 is 5.97 Å². The van der Waals surface area contributed by atoms with Crippen molar-refractivity contribution in [3.05, 3.63) is 111 Å². The van der Waals surface area contributed by atoms with E-state index in [1.807, 2.05) is 0 Å². The second-order valence-electron chi connectivity index (χ2n) is 9.66. The molecule has 1 aliphatic heterocycles. The van der Waals surface area contributed by atoms with Crippen molar-refractivity contribution in [1.82, 2.24) is 0 Å². The Kier molecular flexibility index (Phi) is 4.67. The van der Waals surface area contributed by atoms with Crippen molar-refractivity contribution in [2.24, 2.45) is 11.8 Å². The zero-order chi connectivity index (χ0) is 25.4. The number of para-hydroxylation sites is 1. The second kappa shape index (κ2) is 7.58. The number of benzene rings is 3. The van der Waals surface area contributed by atoms with Crippen LogP contribution >= 0.6 is 0 Å². The molecule has 180 valence electrons. The van der Waals surface area contributed by atoms with E-state index in [4.69, 9.17) is 4.74 Å². The molecule has 2 amide bonds. The molecule has 3 aliphatic carbocycles. The Morgan fingerprint density at radius 3 is 2.06 bits per heavy atom. The molecule has 3 aromatic rings. The summed E-state index contributed by atoms with van der Waals surface area (Å²) in [6.07, 6.45) is -0.407. The van der Waals surface area contributed by atoms with Crippen LogP contribution in [0.2, 0.25) is 0 Å². The van der Waals surface area contributed by atoms with E-state index in [2.05, 4.69) is 0 Å². The van der Waals surface area contributed by atoms with Crippen LogP contribution in [0.3, 0.4) is 0 Å². The summed E-state index contributed by atoms with van der Waals surface area (Å²) in [5.74, 6) is -4.63. The number of carbonyl (C=O) groups is 3. The third-order valence-electron chi connectivity index (χ3n) is 7.57. The molecular formula is C28H22N2O6. The lowest BCUT2D eigenvalue weighted by atomic mass is 9.51. The Morgan fingerprint density at radius 2 is 1.47 bits per heavy atom. The van der Waals surface area contributed by atoms with Crippen LogP contribution in [0.25, 0.3) is 0 Å². The lowest BCUT2D eigenvalue weighted by molar-refractivity contribution is -0.578. The Balaban J connectivity index is 1.59. The Morgan fingerprint density at radius 1 is 0.917 bits per heavy atom. The molecule has 0 aromatic heterocycles. The molecule has 3 aromatic carbocycles. The van der Waals surface area contributed by atoms with Gasteiger partial charge in [0.05, 0.1) is 23.3 Å². The molecule has 0 spiro atoms. The van der Waals surface area contributed by atoms with Crippen molar-refractivity contribution in [2.45, 2.75) is 31.4 Å². The van der Waals surface area contributed by atoms with Crippen molar-refractivity contribution in [3.63, 3.8) is 0 Å². The van der Waals surface area contributed by atoms with Crippen molar-refractivity contribution >= 4 is 23.5 Å². The first-order chi connectivity index (χ1) is 17.3. The predicted molar refractivity (Wildman–Crippen MR) is 129 cm³/mol. The molecule has 7 rings (SSSR count). The van der Waals surface area contributed by atoms with Crippen LogP contribution < -0.4 is 4.90 Å². The minimum Gasteiger partial charge on any atom is -0.459 e. The minimum absolute atomic E-state index is 0.0593. The van der Waals surface area contributed by atoms with E-state index in [9.17, 15) is 24.5 Å². The Labute approximate surface area is 206 Å². The zero-order valence-electron chi connectivity index (χ0n) is 19.6. The van der Waals surface area contributed by atoms with Crippen LogP contribution in [0.1, 0.15) is 52.4 Å². The number of imide groups is 1. The van der Waals surface area contributed by atoms with Gasteiger partial charge in [-0.05, 0) is 37.1 Å². The number of esters is 1. The van der Waals surface area contributed by atoms with Crippen LogP contribution in [0, 0.1) is 22.0 Å². The topological polar surface area (TPSA) is 107 Å². The summed E-state index contributed by atoms with van der Waals surface area (Å²) >= 11 is 0. The quantitative estimate of drug-likeness (QED) is 0.240. The van der Waals surface area contributed by atoms with Crippen molar-refractivity contribution < 1.29 is 24.0 Å². The lowest BCUT2D eigenvalue weighted by Gasteiger charge is -2.48. The Bertz CT molecular complexity index is 1430. The number of carbonyl (C=O) groups excluding carboxylic acids is 3. The summed E-state index contributed by atoms with van der Waals surface area (Å²) in [5.41, 5.74) is 0.476. The van der Waals surface area contributed by atoms with Gasteiger partial charge in [0, 0.05) is 22.0 Å². The van der Waals surface area contributed by atoms with Gasteiger partial charge in [0.2, 0.25) is 11.8 Å². The van der Waals surface area contributed by atoms with Gasteiger partial charge in [-0.25, -0.2) is 9.69 Å². The number of nitrogens with zero attached hydrogens (tertiary/aromatic N) is 2. The number of hydrogen-bond acceptors (Lipinski definition) is 6. The van der Waals surface area contributed by atoms with Crippen molar-refractivity contribution in [2.75, 3.05) is 4.90 Å². The summed E-state index contributed by atoms with van der Waals surface area (Å²) in [5, 5.41) is 13.0. The fraction of sp³-hybridized carbons (Fsp3) is 0.250. The standard InChI is InChI=1S/C28H22N2O6/c1-15(2)36-27(33)18-11-5-8-14-21(18)29-25(31)23-22-16-9-3-6-12-19(16)28(30(34)35,24(23)26(29)32)20-13-7-4-10-17(20)22/h3-15,22-24H,1-2H3/t22?,23-,24-,28?/m0/s1. The fourth-order valence-electron chi connectivity index (χ4n) is 6.40. The van der Waals surface area contributed by atoms with Crippen LogP contribution in [0.15, 0.2) is 72.8 Å². The normalized spacial score (nSPS) is 25.4. The lowest BCUT2D eigenvalue weighted by Crippen LogP contribution is -2.57. The molecule has 1 heterocycles. The molecule has 0 N–H and O–H groups in total. The number of hydrogen-bond donors (Lipinski definition) is 0. The average molecular weight is 482 g/mol. The smallest absolute Gasteiger partial charge is 0.340 e. The monoisotopic (exact) mass is 482 g/mol. The molecule has 2 bridgehead atoms. The fourth-order valence-corrected chi connectivity index (χ4v) is 6.40. The SMILES string of the molecule is CC(C)OC(=O)c1ccccc1N1C(=O)[C@@H]2[C@@H](C1=O)C1c3ccccc3C2([N+](=O)[O-])c2ccccc21. The molecule has 36 heavy (non-hydrogen) atoms. The highest BCUT2D eigenvalue weighted by molar-refractivity contribution is 6.25. The van der Waals surface area contributed by atoms with Gasteiger partial charge in [-0.3, -0.25) is 19.7 Å². The van der Waals surface area contributed by atoms with Crippen LogP contribution in [0.4, 0.5) is 5.69 Å². The molecule has 2 atom stereocenters. The molecule has 0 unspecified atom stereocenters. The van der Waals surface area contributed by atoms with E-state index in [-0.39, 0.29) is 11.3 Å². The molecule has 1 saturated heterocycles. The Hall–Kier alpha value is -4.33. The number of amides is 2. The maximum absolute atomic E-state index is 14.1. The van der Waals surface area contributed by atoms with Crippen molar-refractivity contribution in [1.29, 1.82) is 0 Å². The number of ether oxygens (including phenoxy) is 1. The first-order valence-electron chi connectivity index (χ1n) is 11.8. The van der Waals surface area contributed by atoms with Gasteiger partial charge in [-0.1, -0.05) is 60.7 Å². The summed E-state index contributed by atoms with van der Waals surface area (Å²) in [4.78, 5) is 54.6. The number of rotatable bonds is 4. The number of anilines is 1. The van der Waals surface area contributed by atoms with E-state index in [0.717, 1.165) is 4.90 Å². The molecular weight excluding hydrogens is 460 g/mol. The van der Waals surface area contributed by atoms with Crippen molar-refractivity contribution in [3.8, 4) is 0 Å². The van der Waals surface area contributed by atoms with Gasteiger partial charge in [0.15, 0.2) is 0 Å². The van der Waals surface area contributed by atoms with Crippen LogP contribution in [-0.4, -0.2) is 28.8 Å². The first-order valence-corrected chi connectivity index (χ1v) is 11.8. The third kappa shape index (κ3) is 2.61. The van der Waals surface area contributed by atoms with Gasteiger partial charge in [0.25, 0.3) is 5.54 Å². The maximum Gasteiger partial charge on any atom is 0.340 e. The number of nitro groups is 1. The summed E-state index contributed by atoms with van der Waals surface area (Å²) < 4.78 is 5.34. The zero-order valence-corrected chi connectivity index (χ0v) is 19.6. The minimum atomic E-state index is -1.92. The van der Waals surface area contributed by atoms with Gasteiger partial charge in [-0.2, -0.15) is 0 Å². The average Bonchev–Trinajstić information content (AvgIpc) is 3.14. The van der Waals surface area contributed by atoms with E-state index in [1.165, 1.54) is 12.1 Å². The molecule has 0 saturated carbocycles. The van der Waals surface area contributed by atoms with E-state index >= 15 is 0 Å². The summed E-state index contributed by atoms with van der Waals surface area (Å²) in [7, 11) is 0. The highest BCUT2D eigenvalue weighted by atomic mass is 16.6. The van der Waals surface area contributed by atoms with Gasteiger partial charge in [0.1, 0.15) is 5.92 Å². The molecule has 8 heteroatoms. The molecule has 0 radical (unpaired) electrons. The van der Waals surface area contributed by atoms with E-state index in [0.29, 0.717) is 22.3 Å². The highest BCUT2D eigenvalue weighted by Gasteiger charge is 2.75. The molecule has 8 nitrogen and oxygen atoms in total. The highest BCUT2D eigenvalue weighted by Crippen LogP contribution is 2.64. The summed E-state index contributed by atoms with van der Waals surface area (Å²) in [6, 6.07) is 20.2. The largest absolute Gasteiger partial charge is 0.459 e. The second-order valence-corrected chi connectivity index (χ2v) is 9.66. The maximum atomic E-state index is 14.1. The molecule has 1 fully saturated rings. The van der Waals surface area contributed by atoms with Crippen LogP contribution in [-0.2, 0) is 19.9 Å². The predicted octanol–water partition coefficient (Wildman–Crippen LogP) is 4.04. The van der Waals surface area contributed by atoms with E-state index in [1.54, 1.807) is 74.5 Å². The summed E-state index contributed by atoms with van der Waals surface area (Å²) in [6.45, 7) is 3.41. The first kappa shape index (κ1) is 22.2. The van der Waals surface area contributed by atoms with Gasteiger partial charge in [-0.15, -0.1) is 0 Å².